The molecule has 0 spiro atoms. The fraction of sp³-hybridized carbons (Fsp3) is 0.818. The number of hydrogen-bond acceptors (Lipinski definition) is 4. The molecule has 1 heterocycles. The molecule has 4 nitrogen and oxygen atoms in total. The zero-order valence-electron chi connectivity index (χ0n) is 32.5. The van der Waals surface area contributed by atoms with Gasteiger partial charge in [-0.2, -0.15) is 0 Å². The molecule has 0 aromatic heterocycles. The molecular weight excluding hydrogens is 588 g/mol. The summed E-state index contributed by atoms with van der Waals surface area (Å²) in [4.78, 5) is 5.01. The maximum atomic E-state index is 6.32. The Bertz CT molecular complexity index is 703. The van der Waals surface area contributed by atoms with Crippen molar-refractivity contribution < 1.29 is 9.47 Å². The molecule has 1 saturated heterocycles. The van der Waals surface area contributed by atoms with Gasteiger partial charge in [-0.1, -0.05) is 140 Å². The van der Waals surface area contributed by atoms with Crippen molar-refractivity contribution in [2.24, 2.45) is 0 Å². The van der Waals surface area contributed by atoms with E-state index in [9.17, 15) is 0 Å². The lowest BCUT2D eigenvalue weighted by Gasteiger charge is -2.33. The summed E-state index contributed by atoms with van der Waals surface area (Å²) in [5.74, 6) is 0. The SMILES string of the molecule is CCCCC/C=C\C/C=C\CCCCCCCCOC(CCN1CCN(C)CC1)OCCCCCCCC/C=C\C/C=C\CCCCC. The molecule has 1 aliphatic rings. The molecule has 0 amide bonds. The van der Waals surface area contributed by atoms with Crippen LogP contribution in [0.5, 0.6) is 0 Å². The lowest BCUT2D eigenvalue weighted by atomic mass is 10.1. The molecule has 280 valence electrons. The number of ether oxygens (including phenoxy) is 2. The molecule has 0 unspecified atom stereocenters. The molecular formula is C44H82N2O2. The van der Waals surface area contributed by atoms with Gasteiger partial charge in [-0.3, -0.25) is 0 Å². The van der Waals surface area contributed by atoms with Gasteiger partial charge < -0.3 is 19.3 Å². The van der Waals surface area contributed by atoms with Crippen molar-refractivity contribution >= 4 is 0 Å². The first-order chi connectivity index (χ1) is 23.8. The van der Waals surface area contributed by atoms with Crippen LogP contribution in [0.1, 0.15) is 174 Å². The zero-order valence-corrected chi connectivity index (χ0v) is 32.5. The van der Waals surface area contributed by atoms with E-state index in [0.717, 1.165) is 51.9 Å². The van der Waals surface area contributed by atoms with Crippen LogP contribution in [0.25, 0.3) is 0 Å². The quantitative estimate of drug-likeness (QED) is 0.0381. The van der Waals surface area contributed by atoms with Crippen molar-refractivity contribution in [3.05, 3.63) is 48.6 Å². The highest BCUT2D eigenvalue weighted by Gasteiger charge is 2.16. The minimum atomic E-state index is -0.0411. The van der Waals surface area contributed by atoms with Crippen LogP contribution < -0.4 is 0 Å². The average molecular weight is 671 g/mol. The smallest absolute Gasteiger partial charge is 0.158 e. The van der Waals surface area contributed by atoms with E-state index in [-0.39, 0.29) is 6.29 Å². The summed E-state index contributed by atoms with van der Waals surface area (Å²) in [6, 6.07) is 0. The van der Waals surface area contributed by atoms with E-state index in [1.54, 1.807) is 0 Å². The third kappa shape index (κ3) is 32.0. The van der Waals surface area contributed by atoms with Gasteiger partial charge >= 0.3 is 0 Å². The number of piperazine rings is 1. The lowest BCUT2D eigenvalue weighted by Crippen LogP contribution is -2.45. The molecule has 0 aromatic carbocycles. The Balaban J connectivity index is 2.08. The second-order valence-electron chi connectivity index (χ2n) is 14.3. The van der Waals surface area contributed by atoms with Crippen molar-refractivity contribution in [2.75, 3.05) is 53.0 Å². The van der Waals surface area contributed by atoms with Crippen LogP contribution in [0.2, 0.25) is 0 Å². The molecule has 1 rings (SSSR count). The number of unbranched alkanes of at least 4 members (excludes halogenated alkanes) is 18. The molecule has 0 saturated carbocycles. The predicted molar refractivity (Wildman–Crippen MR) is 213 cm³/mol. The van der Waals surface area contributed by atoms with Crippen LogP contribution in [0.4, 0.5) is 0 Å². The summed E-state index contributed by atoms with van der Waals surface area (Å²) in [6.45, 7) is 12.0. The Morgan fingerprint density at radius 2 is 0.833 bits per heavy atom. The zero-order chi connectivity index (χ0) is 34.4. The highest BCUT2D eigenvalue weighted by atomic mass is 16.7. The molecule has 0 aromatic rings. The first kappa shape index (κ1) is 44.8. The molecule has 0 bridgehead atoms. The molecule has 0 atom stereocenters. The molecule has 0 aliphatic carbocycles. The maximum Gasteiger partial charge on any atom is 0.158 e. The predicted octanol–water partition coefficient (Wildman–Crippen LogP) is 12.6. The van der Waals surface area contributed by atoms with E-state index in [0.29, 0.717) is 0 Å². The van der Waals surface area contributed by atoms with Gasteiger partial charge in [-0.15, -0.1) is 0 Å². The molecule has 1 aliphatic heterocycles. The van der Waals surface area contributed by atoms with E-state index in [1.807, 2.05) is 0 Å². The van der Waals surface area contributed by atoms with Crippen molar-refractivity contribution in [1.82, 2.24) is 9.80 Å². The third-order valence-electron chi connectivity index (χ3n) is 9.57. The number of rotatable bonds is 35. The van der Waals surface area contributed by atoms with E-state index >= 15 is 0 Å². The Morgan fingerprint density at radius 3 is 1.25 bits per heavy atom. The molecule has 1 fully saturated rings. The van der Waals surface area contributed by atoms with E-state index in [1.165, 1.54) is 155 Å². The standard InChI is InChI=1S/C44H82N2O2/c1-4-6-8-10-12-14-16-18-20-22-24-26-28-30-32-34-42-47-44(36-37-46-40-38-45(3)39-41-46)48-43-35-33-31-29-27-25-23-21-19-17-15-13-11-9-7-5-2/h12-15,18-21,44H,4-11,16-17,22-43H2,1-3H3/b14-12-,15-13-,20-18-,21-19-. The summed E-state index contributed by atoms with van der Waals surface area (Å²) >= 11 is 0. The topological polar surface area (TPSA) is 24.9 Å². The molecule has 0 radical (unpaired) electrons. The second kappa shape index (κ2) is 37.1. The van der Waals surface area contributed by atoms with E-state index < -0.39 is 0 Å². The van der Waals surface area contributed by atoms with Crippen molar-refractivity contribution in [3.8, 4) is 0 Å². The normalized spacial score (nSPS) is 15.2. The van der Waals surface area contributed by atoms with Crippen LogP contribution >= 0.6 is 0 Å². The summed E-state index contributed by atoms with van der Waals surface area (Å²) in [6.07, 6.45) is 50.5. The van der Waals surface area contributed by atoms with Crippen LogP contribution in [0.3, 0.4) is 0 Å². The van der Waals surface area contributed by atoms with E-state index in [4.69, 9.17) is 9.47 Å². The minimum Gasteiger partial charge on any atom is -0.353 e. The van der Waals surface area contributed by atoms with Gasteiger partial charge in [0.25, 0.3) is 0 Å². The summed E-state index contributed by atoms with van der Waals surface area (Å²) in [5, 5.41) is 0. The van der Waals surface area contributed by atoms with E-state index in [2.05, 4.69) is 79.3 Å². The number of allylic oxidation sites excluding steroid dienone is 8. The van der Waals surface area contributed by atoms with Crippen molar-refractivity contribution in [3.63, 3.8) is 0 Å². The maximum absolute atomic E-state index is 6.32. The van der Waals surface area contributed by atoms with Crippen LogP contribution in [-0.4, -0.2) is 69.1 Å². The van der Waals surface area contributed by atoms with Gasteiger partial charge in [-0.05, 0) is 84.1 Å². The van der Waals surface area contributed by atoms with Gasteiger partial charge in [0.15, 0.2) is 6.29 Å². The van der Waals surface area contributed by atoms with Crippen molar-refractivity contribution in [2.45, 2.75) is 181 Å². The summed E-state index contributed by atoms with van der Waals surface area (Å²) in [5.41, 5.74) is 0. The van der Waals surface area contributed by atoms with Gasteiger partial charge in [0, 0.05) is 52.4 Å². The fourth-order valence-corrected chi connectivity index (χ4v) is 6.18. The van der Waals surface area contributed by atoms with Gasteiger partial charge in [0.05, 0.1) is 0 Å². The Hall–Kier alpha value is -1.20. The first-order valence-electron chi connectivity index (χ1n) is 21.0. The Morgan fingerprint density at radius 1 is 0.458 bits per heavy atom. The molecule has 48 heavy (non-hydrogen) atoms. The Kier molecular flexibility index (Phi) is 34.6. The van der Waals surface area contributed by atoms with Gasteiger partial charge in [0.2, 0.25) is 0 Å². The number of nitrogens with zero attached hydrogens (tertiary/aromatic N) is 2. The Labute approximate surface area is 300 Å². The van der Waals surface area contributed by atoms with Crippen LogP contribution in [-0.2, 0) is 9.47 Å². The third-order valence-corrected chi connectivity index (χ3v) is 9.57. The summed E-state index contributed by atoms with van der Waals surface area (Å²) < 4.78 is 12.6. The minimum absolute atomic E-state index is 0.0411. The summed E-state index contributed by atoms with van der Waals surface area (Å²) in [7, 11) is 2.23. The monoisotopic (exact) mass is 671 g/mol. The van der Waals surface area contributed by atoms with Crippen LogP contribution in [0, 0.1) is 0 Å². The van der Waals surface area contributed by atoms with Gasteiger partial charge in [0.1, 0.15) is 0 Å². The fourth-order valence-electron chi connectivity index (χ4n) is 6.18. The lowest BCUT2D eigenvalue weighted by molar-refractivity contribution is -0.149. The van der Waals surface area contributed by atoms with Crippen LogP contribution in [0.15, 0.2) is 48.6 Å². The van der Waals surface area contributed by atoms with Crippen molar-refractivity contribution in [1.29, 1.82) is 0 Å². The molecule has 4 heteroatoms. The van der Waals surface area contributed by atoms with Gasteiger partial charge in [-0.25, -0.2) is 0 Å². The second-order valence-corrected chi connectivity index (χ2v) is 14.3. The average Bonchev–Trinajstić information content (AvgIpc) is 3.10. The molecule has 0 N–H and O–H groups in total. The first-order valence-corrected chi connectivity index (χ1v) is 21.0. The largest absolute Gasteiger partial charge is 0.353 e. The highest BCUT2D eigenvalue weighted by molar-refractivity contribution is 4.93. The number of hydrogen-bond donors (Lipinski definition) is 0. The number of likely N-dealkylation sites (N-methyl/N-ethyl adjacent to an activating group) is 1. The highest BCUT2D eigenvalue weighted by Crippen LogP contribution is 2.13.